The average Bonchev–Trinajstić information content (AvgIpc) is 2.46. The Balaban J connectivity index is 2.30. The smallest absolute Gasteiger partial charge is 0.102 e. The SMILES string of the molecule is CCC(Nc1cccc(C)c1C#N)c1ccc(Br)cc1. The van der Waals surface area contributed by atoms with Crippen LogP contribution in [0.3, 0.4) is 0 Å². The molecule has 2 aromatic carbocycles. The number of benzene rings is 2. The Morgan fingerprint density at radius 3 is 2.50 bits per heavy atom. The Labute approximate surface area is 128 Å². The predicted molar refractivity (Wildman–Crippen MR) is 86.7 cm³/mol. The van der Waals surface area contributed by atoms with Gasteiger partial charge in [-0.3, -0.25) is 0 Å². The van der Waals surface area contributed by atoms with Gasteiger partial charge in [-0.15, -0.1) is 0 Å². The van der Waals surface area contributed by atoms with Gasteiger partial charge in [-0.05, 0) is 42.7 Å². The standard InChI is InChI=1S/C17H17BrN2/c1-3-16(13-7-9-14(18)10-8-13)20-17-6-4-5-12(2)15(17)11-19/h4-10,16,20H,3H2,1-2H3. The second-order valence-electron chi connectivity index (χ2n) is 4.77. The van der Waals surface area contributed by atoms with E-state index < -0.39 is 0 Å². The Morgan fingerprint density at radius 2 is 1.90 bits per heavy atom. The van der Waals surface area contributed by atoms with Gasteiger partial charge in [0.25, 0.3) is 0 Å². The fraction of sp³-hybridized carbons (Fsp3) is 0.235. The molecule has 0 bridgehead atoms. The maximum Gasteiger partial charge on any atom is 0.102 e. The highest BCUT2D eigenvalue weighted by atomic mass is 79.9. The molecule has 0 radical (unpaired) electrons. The number of nitriles is 1. The fourth-order valence-corrected chi connectivity index (χ4v) is 2.50. The lowest BCUT2D eigenvalue weighted by atomic mass is 10.0. The van der Waals surface area contributed by atoms with E-state index in [0.29, 0.717) is 0 Å². The van der Waals surface area contributed by atoms with Crippen LogP contribution in [0.15, 0.2) is 46.9 Å². The molecule has 2 aromatic rings. The summed E-state index contributed by atoms with van der Waals surface area (Å²) < 4.78 is 1.07. The maximum absolute atomic E-state index is 9.30. The second kappa shape index (κ2) is 6.58. The molecule has 3 heteroatoms. The lowest BCUT2D eigenvalue weighted by molar-refractivity contribution is 0.748. The lowest BCUT2D eigenvalue weighted by Gasteiger charge is -2.20. The van der Waals surface area contributed by atoms with Crippen LogP contribution in [0.2, 0.25) is 0 Å². The third-order valence-corrected chi connectivity index (χ3v) is 3.92. The molecule has 2 nitrogen and oxygen atoms in total. The van der Waals surface area contributed by atoms with Crippen molar-refractivity contribution in [1.29, 1.82) is 5.26 Å². The third kappa shape index (κ3) is 3.20. The highest BCUT2D eigenvalue weighted by Crippen LogP contribution is 2.27. The number of hydrogen-bond donors (Lipinski definition) is 1. The van der Waals surface area contributed by atoms with Gasteiger partial charge in [0, 0.05) is 4.47 Å². The quantitative estimate of drug-likeness (QED) is 0.837. The van der Waals surface area contributed by atoms with E-state index in [1.54, 1.807) is 0 Å². The summed E-state index contributed by atoms with van der Waals surface area (Å²) >= 11 is 3.45. The van der Waals surface area contributed by atoms with Gasteiger partial charge in [-0.1, -0.05) is 47.1 Å². The van der Waals surface area contributed by atoms with Crippen molar-refractivity contribution >= 4 is 21.6 Å². The number of rotatable bonds is 4. The molecule has 2 rings (SSSR count). The maximum atomic E-state index is 9.30. The Bertz CT molecular complexity index is 626. The van der Waals surface area contributed by atoms with E-state index in [-0.39, 0.29) is 6.04 Å². The predicted octanol–water partition coefficient (Wildman–Crippen LogP) is 5.19. The van der Waals surface area contributed by atoms with E-state index in [1.807, 2.05) is 37.3 Å². The van der Waals surface area contributed by atoms with E-state index in [9.17, 15) is 5.26 Å². The molecule has 0 aliphatic carbocycles. The van der Waals surface area contributed by atoms with Crippen molar-refractivity contribution in [2.45, 2.75) is 26.3 Å². The number of anilines is 1. The molecule has 0 fully saturated rings. The molecular formula is C17H17BrN2. The van der Waals surface area contributed by atoms with Crippen LogP contribution in [-0.4, -0.2) is 0 Å². The van der Waals surface area contributed by atoms with Crippen molar-refractivity contribution < 1.29 is 0 Å². The van der Waals surface area contributed by atoms with Gasteiger partial charge in [-0.25, -0.2) is 0 Å². The summed E-state index contributed by atoms with van der Waals surface area (Å²) in [5.41, 5.74) is 3.86. The molecule has 0 saturated heterocycles. The zero-order valence-corrected chi connectivity index (χ0v) is 13.2. The zero-order chi connectivity index (χ0) is 14.5. The van der Waals surface area contributed by atoms with Gasteiger partial charge in [-0.2, -0.15) is 5.26 Å². The molecule has 0 spiro atoms. The molecule has 0 amide bonds. The molecule has 1 N–H and O–H groups in total. The van der Waals surface area contributed by atoms with Crippen LogP contribution in [0.5, 0.6) is 0 Å². The minimum Gasteiger partial charge on any atom is -0.377 e. The van der Waals surface area contributed by atoms with Gasteiger partial charge >= 0.3 is 0 Å². The van der Waals surface area contributed by atoms with Crippen LogP contribution < -0.4 is 5.32 Å². The summed E-state index contributed by atoms with van der Waals surface area (Å²) in [5.74, 6) is 0. The van der Waals surface area contributed by atoms with Crippen LogP contribution in [0.25, 0.3) is 0 Å². The summed E-state index contributed by atoms with van der Waals surface area (Å²) in [6.45, 7) is 4.10. The Morgan fingerprint density at radius 1 is 1.20 bits per heavy atom. The third-order valence-electron chi connectivity index (χ3n) is 3.39. The number of nitrogens with zero attached hydrogens (tertiary/aromatic N) is 1. The molecular weight excluding hydrogens is 312 g/mol. The van der Waals surface area contributed by atoms with Gasteiger partial charge < -0.3 is 5.32 Å². The first-order valence-corrected chi connectivity index (χ1v) is 7.46. The zero-order valence-electron chi connectivity index (χ0n) is 11.7. The van der Waals surface area contributed by atoms with E-state index in [4.69, 9.17) is 0 Å². The van der Waals surface area contributed by atoms with Crippen LogP contribution in [-0.2, 0) is 0 Å². The minimum atomic E-state index is 0.206. The molecule has 0 saturated carbocycles. The topological polar surface area (TPSA) is 35.8 Å². The highest BCUT2D eigenvalue weighted by Gasteiger charge is 2.12. The van der Waals surface area contributed by atoms with E-state index in [1.165, 1.54) is 5.56 Å². The molecule has 20 heavy (non-hydrogen) atoms. The van der Waals surface area contributed by atoms with Crippen LogP contribution in [0.1, 0.15) is 36.1 Å². The summed E-state index contributed by atoms with van der Waals surface area (Å²) in [5, 5.41) is 12.8. The normalized spacial score (nSPS) is 11.7. The van der Waals surface area contributed by atoms with Crippen LogP contribution in [0, 0.1) is 18.3 Å². The van der Waals surface area contributed by atoms with Gasteiger partial charge in [0.15, 0.2) is 0 Å². The fourth-order valence-electron chi connectivity index (χ4n) is 2.24. The van der Waals surface area contributed by atoms with Crippen molar-refractivity contribution in [2.75, 3.05) is 5.32 Å². The van der Waals surface area contributed by atoms with Crippen molar-refractivity contribution in [3.63, 3.8) is 0 Å². The van der Waals surface area contributed by atoms with Gasteiger partial charge in [0.1, 0.15) is 6.07 Å². The Hall–Kier alpha value is -1.79. The van der Waals surface area contributed by atoms with E-state index in [0.717, 1.165) is 27.7 Å². The first-order chi connectivity index (χ1) is 9.65. The van der Waals surface area contributed by atoms with Gasteiger partial charge in [0.2, 0.25) is 0 Å². The van der Waals surface area contributed by atoms with Crippen molar-refractivity contribution in [1.82, 2.24) is 0 Å². The second-order valence-corrected chi connectivity index (χ2v) is 5.68. The van der Waals surface area contributed by atoms with E-state index >= 15 is 0 Å². The first kappa shape index (κ1) is 14.6. The number of hydrogen-bond acceptors (Lipinski definition) is 2. The summed E-state index contributed by atoms with van der Waals surface area (Å²) in [4.78, 5) is 0. The molecule has 0 heterocycles. The summed E-state index contributed by atoms with van der Waals surface area (Å²) in [6, 6.07) is 16.7. The largest absolute Gasteiger partial charge is 0.377 e. The number of aryl methyl sites for hydroxylation is 1. The van der Waals surface area contributed by atoms with Crippen molar-refractivity contribution in [3.05, 3.63) is 63.6 Å². The Kier molecular flexibility index (Phi) is 4.81. The van der Waals surface area contributed by atoms with Crippen LogP contribution >= 0.6 is 15.9 Å². The van der Waals surface area contributed by atoms with Crippen molar-refractivity contribution in [3.8, 4) is 6.07 Å². The first-order valence-electron chi connectivity index (χ1n) is 6.67. The summed E-state index contributed by atoms with van der Waals surface area (Å²) in [7, 11) is 0. The monoisotopic (exact) mass is 328 g/mol. The molecule has 0 aliphatic rings. The van der Waals surface area contributed by atoms with E-state index in [2.05, 4.69) is 46.4 Å². The lowest BCUT2D eigenvalue weighted by Crippen LogP contribution is -2.11. The molecule has 1 atom stereocenters. The van der Waals surface area contributed by atoms with Crippen LogP contribution in [0.4, 0.5) is 5.69 Å². The highest BCUT2D eigenvalue weighted by molar-refractivity contribution is 9.10. The molecule has 0 aliphatic heterocycles. The van der Waals surface area contributed by atoms with Crippen molar-refractivity contribution in [2.24, 2.45) is 0 Å². The molecule has 1 unspecified atom stereocenters. The van der Waals surface area contributed by atoms with Gasteiger partial charge in [0.05, 0.1) is 17.3 Å². The number of halogens is 1. The summed E-state index contributed by atoms with van der Waals surface area (Å²) in [6.07, 6.45) is 0.959. The molecule has 102 valence electrons. The average molecular weight is 329 g/mol. The number of nitrogens with one attached hydrogen (secondary N) is 1. The minimum absolute atomic E-state index is 0.206. The molecule has 0 aromatic heterocycles.